The first-order chi connectivity index (χ1) is 70.3. The number of aromatic nitrogens is 3. The highest BCUT2D eigenvalue weighted by Gasteiger charge is 2.44. The number of H-pyrrole nitrogens is 3. The lowest BCUT2D eigenvalue weighted by atomic mass is 9.88. The summed E-state index contributed by atoms with van der Waals surface area (Å²) in [6, 6.07) is 18.2. The van der Waals surface area contributed by atoms with Crippen molar-refractivity contribution in [2.24, 2.45) is 41.4 Å². The molecule has 0 bridgehead atoms. The third-order valence-corrected chi connectivity index (χ3v) is 27.6. The molecule has 42 heteroatoms. The Balaban J connectivity index is 0.000000227. The van der Waals surface area contributed by atoms with Crippen LogP contribution in [0, 0.1) is 46.8 Å². The Morgan fingerprint density at radius 2 is 0.797 bits per heavy atom. The number of likely N-dealkylation sites (N-methyl/N-ethyl adjacent to an activating group) is 4. The largest absolute Gasteiger partial charge is 0.513 e. The van der Waals surface area contributed by atoms with Gasteiger partial charge in [0.05, 0.1) is 82.5 Å². The van der Waals surface area contributed by atoms with E-state index < -0.39 is 223 Å². The van der Waals surface area contributed by atoms with E-state index >= 15 is 0 Å². The lowest BCUT2D eigenvalue weighted by molar-refractivity contribution is -0.917. The number of para-hydroxylation sites is 3. The second-order valence-corrected chi connectivity index (χ2v) is 40.1. The van der Waals surface area contributed by atoms with Crippen molar-refractivity contribution in [2.75, 3.05) is 107 Å². The number of piperidine rings is 1. The summed E-state index contributed by atoms with van der Waals surface area (Å²) in [5.41, 5.74) is 6.06. The number of rotatable bonds is 27. The number of aliphatic hydroxyl groups excluding tert-OH is 2. The average Bonchev–Trinajstić information content (AvgIpc) is 1.62. The van der Waals surface area contributed by atoms with Gasteiger partial charge in [-0.25, -0.2) is 0 Å². The third-order valence-electron chi connectivity index (χ3n) is 27.6. The minimum atomic E-state index is -1.50. The maximum atomic E-state index is 14.3. The van der Waals surface area contributed by atoms with E-state index in [1.54, 1.807) is 66.2 Å². The number of aromatic amines is 3. The number of amides is 14. The van der Waals surface area contributed by atoms with Crippen LogP contribution in [0.2, 0.25) is 0 Å². The predicted octanol–water partition coefficient (Wildman–Crippen LogP) is 3.58. The molecule has 42 nitrogen and oxygen atoms in total. The van der Waals surface area contributed by atoms with Crippen LogP contribution >= 0.6 is 0 Å². The summed E-state index contributed by atoms with van der Waals surface area (Å²) in [7, 11) is 6.65. The number of carboxylic acids is 1. The summed E-state index contributed by atoms with van der Waals surface area (Å²) < 4.78 is 6.39. The Kier molecular flexibility index (Phi) is 42.0. The number of morpholine rings is 1. The number of aliphatic hydroxyl groups is 2. The minimum absolute atomic E-state index is 0.0637. The molecule has 12 rings (SSSR count). The van der Waals surface area contributed by atoms with Crippen molar-refractivity contribution in [3.8, 4) is 0 Å². The Labute approximate surface area is 859 Å². The number of nitrogens with zero attached hydrogens (tertiary/aromatic N) is 4. The number of ether oxygens (including phenoxy) is 1. The summed E-state index contributed by atoms with van der Waals surface area (Å²) in [6.07, 6.45) is 6.52. The summed E-state index contributed by atoms with van der Waals surface area (Å²) in [5.74, 6) is -16.5. The molecule has 5 aliphatic rings. The van der Waals surface area contributed by atoms with Gasteiger partial charge in [0.1, 0.15) is 49.3 Å². The second-order valence-electron chi connectivity index (χ2n) is 40.1. The predicted molar refractivity (Wildman–Crippen MR) is 551 cm³/mol. The number of fused-ring (bicyclic) bond motifs is 3. The molecule has 0 saturated carbocycles. The first-order valence-electron chi connectivity index (χ1n) is 50.2. The van der Waals surface area contributed by atoms with Crippen LogP contribution in [0.1, 0.15) is 152 Å². The smallest absolute Gasteiger partial charge is 0.305 e. The first kappa shape index (κ1) is 115. The van der Waals surface area contributed by atoms with E-state index in [4.69, 9.17) is 10.1 Å². The zero-order chi connectivity index (χ0) is 108. The molecular formula is C106H143N20O22+. The Morgan fingerprint density at radius 1 is 0.453 bits per heavy atom. The van der Waals surface area contributed by atoms with E-state index in [0.29, 0.717) is 63.3 Å². The van der Waals surface area contributed by atoms with Gasteiger partial charge in [0.15, 0.2) is 17.3 Å². The molecule has 5 saturated heterocycles. The molecule has 5 fully saturated rings. The van der Waals surface area contributed by atoms with Crippen molar-refractivity contribution >= 4 is 144 Å². The number of carbonyl (C=O) groups excluding carboxylic acids is 17. The summed E-state index contributed by atoms with van der Waals surface area (Å²) in [5, 5.41) is 71.7. The molecule has 0 aliphatic carbocycles. The molecule has 798 valence electrons. The zero-order valence-electron chi connectivity index (χ0n) is 85.9. The highest BCUT2D eigenvalue weighted by molar-refractivity contribution is 6.04. The van der Waals surface area contributed by atoms with Gasteiger partial charge in [0, 0.05) is 153 Å². The molecule has 8 heterocycles. The fraction of sp³-hybridized carbons (Fsp3) is 0.500. The lowest BCUT2D eigenvalue weighted by Gasteiger charge is -2.37. The Bertz CT molecular complexity index is 6010. The van der Waals surface area contributed by atoms with Crippen LogP contribution < -0.4 is 63.8 Å². The van der Waals surface area contributed by atoms with Crippen molar-refractivity contribution in [2.45, 2.75) is 193 Å². The average molecular weight is 2050 g/mol. The van der Waals surface area contributed by atoms with E-state index in [2.05, 4.69) is 99.0 Å². The monoisotopic (exact) mass is 2050 g/mol. The fourth-order valence-electron chi connectivity index (χ4n) is 19.5. The number of nitrogens with one attached hydrogen (secondary N) is 16. The molecule has 5 aliphatic heterocycles. The molecule has 19 N–H and O–H groups in total. The number of unbranched alkanes of at least 4 members (excludes halogenated alkanes) is 1. The molecule has 3 unspecified atom stereocenters. The van der Waals surface area contributed by atoms with E-state index in [-0.39, 0.29) is 86.3 Å². The van der Waals surface area contributed by atoms with E-state index in [9.17, 15) is 102 Å². The molecule has 7 aromatic rings. The molecule has 0 radical (unpaired) electrons. The van der Waals surface area contributed by atoms with Gasteiger partial charge >= 0.3 is 5.97 Å². The van der Waals surface area contributed by atoms with Crippen LogP contribution in [0.25, 0.3) is 32.7 Å². The van der Waals surface area contributed by atoms with Crippen LogP contribution in [0.5, 0.6) is 0 Å². The van der Waals surface area contributed by atoms with Crippen molar-refractivity contribution < 1.29 is 111 Å². The van der Waals surface area contributed by atoms with Gasteiger partial charge in [-0.2, -0.15) is 0 Å². The summed E-state index contributed by atoms with van der Waals surface area (Å²) in [4.78, 5) is 256. The van der Waals surface area contributed by atoms with Crippen molar-refractivity contribution in [1.82, 2.24) is 93.5 Å². The zero-order valence-corrected chi connectivity index (χ0v) is 85.9. The summed E-state index contributed by atoms with van der Waals surface area (Å²) >= 11 is 0. The van der Waals surface area contributed by atoms with Gasteiger partial charge in [-0.3, -0.25) is 86.3 Å². The number of carboxylic acid groups (broad SMARTS) is 1. The van der Waals surface area contributed by atoms with Crippen LogP contribution in [-0.2, 0) is 106 Å². The molecular weight excluding hydrogens is 1910 g/mol. The highest BCUT2D eigenvalue weighted by atomic mass is 16.5. The molecule has 12 atom stereocenters. The quantitative estimate of drug-likeness (QED) is 0.0151. The highest BCUT2D eigenvalue weighted by Crippen LogP contribution is 2.32. The molecule has 0 spiro atoms. The van der Waals surface area contributed by atoms with Crippen molar-refractivity contribution in [1.29, 1.82) is 5.41 Å². The number of ketones is 3. The van der Waals surface area contributed by atoms with Crippen LogP contribution in [0.3, 0.4) is 0 Å². The standard InChI is InChI=1S/C36H43N7O8.C36H52N6O7.C34H47N7O7/c1-19(2)32-35(50)42-28(17-39-33(48)22-11-9-21(10-12-22)20(3)37)34(49)40-18-30(45)41-27(15-31(46)47)29(44)14-23(36(51)43(32)4)13-24-16-38-26-8-6-5-7-25(24)26;1-23(2)33-35(47)40-29(12-8-9-13-42(5)14-16-49-17-15-42)34(46)38-22-32(45)39-30(18-24(3)43)31(44)20-25(36(48)41(33)4)19-26-21-37-28-11-7-6-10-27(26)28;1-19(2)30-33(47)40-27(17-37-31(45)21-9-11-35-12-10-21)32(46)38-18-29(44)39-26(13-20(3)42)28(43)15-22(34(48)41(30)4)14-23-16-36-25-8-6-5-7-24(23)25/h5-12,16,19,23,27-28,32,37-38H,13-15,17-18H2,1-4H3,(H,39,48)(H,40,49)(H,41,45)(H,42,50)(H,46,47);6-7,10-11,21,23,25,29-30,33,37H,3,8-9,12-20,22H2,1-2,4-5H3,(H3-,38,39,40,43,45,46,47);5-8,16,19,21-22,26-27,30,35-36,42H,3,9-15,17-18H2,1-2,4H3,(H,37,45)(H,38,46)(H,39,44)(H,40,47)/p+1/t23-,27-,28?,32-;25-,29?,30-,33-;22-,26-,27?,30-/m000/s1. The van der Waals surface area contributed by atoms with Gasteiger partial charge in [0.2, 0.25) is 76.8 Å². The number of quaternary nitrogens is 1. The van der Waals surface area contributed by atoms with Crippen LogP contribution in [-0.4, -0.2) is 322 Å². The molecule has 148 heavy (non-hydrogen) atoms. The SMILES string of the molecule is C=C(O)C[C@@H]1NC(=O)CNC(=O)C(CCCC[N+]2(C)CCOCC2)NC(=O)[C@H](C(C)C)N(C)C(=O)[C@@H](Cc2c[nH]c3ccccc23)CC1=O.C=C(O)C[C@@H]1NC(=O)CNC(=O)C(CNC(=O)C2CCNCC2)NC(=O)[C@H](C(C)C)N(C)C(=O)[C@@H](Cc2c[nH]c3ccccc23)CC1=O.CC(=N)c1ccc(C(=O)NCC2NC(=O)[C@H](C(C)C)N(C)C(=O)[C@@H](Cc3c[nH]c4ccccc34)CC(=O)[C@H](CC(=O)O)NC(=O)CNC2=O)cc1. The second kappa shape index (κ2) is 54.0. The summed E-state index contributed by atoms with van der Waals surface area (Å²) in [6.45, 7) is 22.5. The number of aliphatic carboxylic acids is 1. The molecule has 4 aromatic carbocycles. The number of hydrogen-bond acceptors (Lipinski definition) is 23. The number of hydrogen-bond donors (Lipinski definition) is 19. The van der Waals surface area contributed by atoms with Gasteiger partial charge in [-0.1, -0.05) is 121 Å². The third kappa shape index (κ3) is 32.3. The van der Waals surface area contributed by atoms with Gasteiger partial charge < -0.3 is 123 Å². The van der Waals surface area contributed by atoms with E-state index in [1.165, 1.54) is 40.9 Å². The molecule has 3 aromatic heterocycles. The minimum Gasteiger partial charge on any atom is -0.513 e. The van der Waals surface area contributed by atoms with E-state index in [1.807, 2.05) is 92.8 Å². The maximum Gasteiger partial charge on any atom is 0.305 e. The topological polar surface area (TPSA) is 602 Å². The number of benzene rings is 4. The Morgan fingerprint density at radius 3 is 1.16 bits per heavy atom. The van der Waals surface area contributed by atoms with Crippen LogP contribution in [0.15, 0.2) is 140 Å². The first-order valence-corrected chi connectivity index (χ1v) is 50.2. The maximum absolute atomic E-state index is 14.3. The van der Waals surface area contributed by atoms with Gasteiger partial charge in [0.25, 0.3) is 5.91 Å². The van der Waals surface area contributed by atoms with Gasteiger partial charge in [-0.05, 0) is 142 Å². The molecule has 14 amide bonds. The fourth-order valence-corrected chi connectivity index (χ4v) is 19.5. The van der Waals surface area contributed by atoms with Crippen molar-refractivity contribution in [3.63, 3.8) is 0 Å². The van der Waals surface area contributed by atoms with Crippen LogP contribution in [0.4, 0.5) is 0 Å². The number of Topliss-reactive ketones (excluding diaryl/α,β-unsaturated/α-hetero) is 3. The lowest BCUT2D eigenvalue weighted by Crippen LogP contribution is -2.59. The number of carbonyl (C=O) groups is 18. The Hall–Kier alpha value is -14.8. The van der Waals surface area contributed by atoms with Crippen molar-refractivity contribution in [3.05, 3.63) is 168 Å². The van der Waals surface area contributed by atoms with Gasteiger partial charge in [-0.15, -0.1) is 0 Å². The normalized spacial score (nSPS) is 23.1. The van der Waals surface area contributed by atoms with E-state index in [0.717, 1.165) is 79.9 Å².